The maximum Gasteiger partial charge on any atom is 0.235 e. The fraction of sp³-hybridized carbons (Fsp3) is 0.875. The van der Waals surface area contributed by atoms with Crippen LogP contribution in [0.3, 0.4) is 0 Å². The summed E-state index contributed by atoms with van der Waals surface area (Å²) in [5, 5.41) is 10.2. The largest absolute Gasteiger partial charge is 0.391 e. The second kappa shape index (κ2) is 6.25. The summed E-state index contributed by atoms with van der Waals surface area (Å²) in [6.45, 7) is 4.26. The highest BCUT2D eigenvalue weighted by Gasteiger charge is 2.51. The lowest BCUT2D eigenvalue weighted by molar-refractivity contribution is -0.144. The molecule has 4 nitrogen and oxygen atoms in total. The van der Waals surface area contributed by atoms with Crippen molar-refractivity contribution in [3.8, 4) is 0 Å². The third kappa shape index (κ3) is 2.76. The van der Waals surface area contributed by atoms with Crippen LogP contribution in [0.15, 0.2) is 0 Å². The van der Waals surface area contributed by atoms with Crippen molar-refractivity contribution in [2.45, 2.75) is 71.3 Å². The van der Waals surface area contributed by atoms with Gasteiger partial charge in [-0.05, 0) is 18.8 Å². The molecule has 1 heterocycles. The Labute approximate surface area is 121 Å². The van der Waals surface area contributed by atoms with E-state index in [2.05, 4.69) is 0 Å². The Morgan fingerprint density at radius 1 is 1.15 bits per heavy atom. The number of hydrogen-bond acceptors (Lipinski definition) is 3. The molecule has 1 unspecified atom stereocenters. The number of rotatable bonds is 5. The Morgan fingerprint density at radius 2 is 1.75 bits per heavy atom. The average molecular weight is 281 g/mol. The number of nitrogens with zero attached hydrogens (tertiary/aromatic N) is 1. The van der Waals surface area contributed by atoms with Gasteiger partial charge in [-0.1, -0.05) is 46.0 Å². The van der Waals surface area contributed by atoms with Crippen molar-refractivity contribution >= 4 is 11.8 Å². The van der Waals surface area contributed by atoms with E-state index >= 15 is 0 Å². The predicted molar refractivity (Wildman–Crippen MR) is 76.9 cm³/mol. The Kier molecular flexibility index (Phi) is 4.84. The lowest BCUT2D eigenvalue weighted by atomic mass is 9.73. The zero-order valence-corrected chi connectivity index (χ0v) is 12.7. The van der Waals surface area contributed by atoms with Gasteiger partial charge in [0.1, 0.15) is 0 Å². The molecule has 1 saturated carbocycles. The van der Waals surface area contributed by atoms with Crippen molar-refractivity contribution in [3.63, 3.8) is 0 Å². The Morgan fingerprint density at radius 3 is 2.30 bits per heavy atom. The van der Waals surface area contributed by atoms with Gasteiger partial charge >= 0.3 is 0 Å². The SMILES string of the molecule is CCC(CC)C(O)CN1C(=O)CC2(CCCCC2)C1=O. The van der Waals surface area contributed by atoms with Crippen molar-refractivity contribution in [1.82, 2.24) is 4.90 Å². The summed E-state index contributed by atoms with van der Waals surface area (Å²) < 4.78 is 0. The van der Waals surface area contributed by atoms with Crippen molar-refractivity contribution in [2.75, 3.05) is 6.54 Å². The Bertz CT molecular complexity index is 370. The smallest absolute Gasteiger partial charge is 0.235 e. The molecule has 0 aromatic carbocycles. The molecule has 2 aliphatic rings. The first-order valence-electron chi connectivity index (χ1n) is 8.07. The van der Waals surface area contributed by atoms with Crippen LogP contribution in [0, 0.1) is 11.3 Å². The van der Waals surface area contributed by atoms with Gasteiger partial charge in [0, 0.05) is 6.42 Å². The van der Waals surface area contributed by atoms with Crippen molar-refractivity contribution in [1.29, 1.82) is 0 Å². The zero-order chi connectivity index (χ0) is 14.8. The lowest BCUT2D eigenvalue weighted by Crippen LogP contribution is -2.42. The van der Waals surface area contributed by atoms with E-state index in [1.807, 2.05) is 13.8 Å². The third-order valence-corrected chi connectivity index (χ3v) is 5.26. The molecule has 1 atom stereocenters. The van der Waals surface area contributed by atoms with E-state index in [1.54, 1.807) is 0 Å². The van der Waals surface area contributed by atoms with Gasteiger partial charge in [0.25, 0.3) is 0 Å². The van der Waals surface area contributed by atoms with Crippen LogP contribution in [-0.4, -0.2) is 34.5 Å². The second-order valence-electron chi connectivity index (χ2n) is 6.47. The number of likely N-dealkylation sites (tertiary alicyclic amines) is 1. The number of aliphatic hydroxyl groups excluding tert-OH is 1. The highest BCUT2D eigenvalue weighted by molar-refractivity contribution is 6.05. The van der Waals surface area contributed by atoms with E-state index in [-0.39, 0.29) is 24.3 Å². The predicted octanol–water partition coefficient (Wildman–Crippen LogP) is 2.49. The molecule has 1 aliphatic heterocycles. The minimum atomic E-state index is -0.586. The molecule has 0 radical (unpaired) electrons. The Hall–Kier alpha value is -0.900. The first-order chi connectivity index (χ1) is 9.54. The molecular weight excluding hydrogens is 254 g/mol. The summed E-state index contributed by atoms with van der Waals surface area (Å²) in [7, 11) is 0. The van der Waals surface area contributed by atoms with E-state index in [0.717, 1.165) is 38.5 Å². The van der Waals surface area contributed by atoms with E-state index in [9.17, 15) is 14.7 Å². The van der Waals surface area contributed by atoms with Crippen LogP contribution in [0.5, 0.6) is 0 Å². The molecule has 0 bridgehead atoms. The standard InChI is InChI=1S/C16H27NO3/c1-3-12(4-2)13(18)11-17-14(19)10-16(15(17)20)8-6-5-7-9-16/h12-13,18H,3-11H2,1-2H3. The number of amides is 2. The second-order valence-corrected chi connectivity index (χ2v) is 6.47. The quantitative estimate of drug-likeness (QED) is 0.788. The van der Waals surface area contributed by atoms with Crippen molar-refractivity contribution < 1.29 is 14.7 Å². The van der Waals surface area contributed by atoms with Crippen LogP contribution in [0.25, 0.3) is 0 Å². The van der Waals surface area contributed by atoms with Gasteiger partial charge in [-0.15, -0.1) is 0 Å². The third-order valence-electron chi connectivity index (χ3n) is 5.26. The molecule has 2 amide bonds. The summed E-state index contributed by atoms with van der Waals surface area (Å²) in [5.41, 5.74) is -0.428. The van der Waals surface area contributed by atoms with Gasteiger partial charge in [-0.25, -0.2) is 0 Å². The van der Waals surface area contributed by atoms with Crippen molar-refractivity contribution in [3.05, 3.63) is 0 Å². The molecule has 2 rings (SSSR count). The molecule has 1 spiro atoms. The molecule has 20 heavy (non-hydrogen) atoms. The van der Waals surface area contributed by atoms with Gasteiger partial charge in [-0.3, -0.25) is 14.5 Å². The fourth-order valence-corrected chi connectivity index (χ4v) is 3.83. The summed E-state index contributed by atoms with van der Waals surface area (Å²) in [5.74, 6) is 0.0626. The molecule has 1 saturated heterocycles. The van der Waals surface area contributed by atoms with Crippen LogP contribution in [0.1, 0.15) is 65.2 Å². The van der Waals surface area contributed by atoms with Crippen LogP contribution in [-0.2, 0) is 9.59 Å². The number of carbonyl (C=O) groups excluding carboxylic acids is 2. The van der Waals surface area contributed by atoms with Crippen LogP contribution < -0.4 is 0 Å². The topological polar surface area (TPSA) is 57.6 Å². The molecule has 2 fully saturated rings. The van der Waals surface area contributed by atoms with Gasteiger partial charge < -0.3 is 5.11 Å². The molecule has 0 aromatic rings. The fourth-order valence-electron chi connectivity index (χ4n) is 3.83. The summed E-state index contributed by atoms with van der Waals surface area (Å²) >= 11 is 0. The number of hydrogen-bond donors (Lipinski definition) is 1. The highest BCUT2D eigenvalue weighted by Crippen LogP contribution is 2.45. The van der Waals surface area contributed by atoms with Gasteiger partial charge in [0.15, 0.2) is 0 Å². The number of imide groups is 1. The van der Waals surface area contributed by atoms with Gasteiger partial charge in [0.05, 0.1) is 18.1 Å². The maximum atomic E-state index is 12.6. The van der Waals surface area contributed by atoms with Crippen LogP contribution in [0.4, 0.5) is 0 Å². The molecule has 1 N–H and O–H groups in total. The average Bonchev–Trinajstić information content (AvgIpc) is 2.66. The summed E-state index contributed by atoms with van der Waals surface area (Å²) in [6.07, 6.45) is 6.46. The van der Waals surface area contributed by atoms with E-state index in [0.29, 0.717) is 6.42 Å². The molecule has 1 aliphatic carbocycles. The van der Waals surface area contributed by atoms with Crippen LogP contribution in [0.2, 0.25) is 0 Å². The lowest BCUT2D eigenvalue weighted by Gasteiger charge is -2.31. The zero-order valence-electron chi connectivity index (χ0n) is 12.7. The van der Waals surface area contributed by atoms with E-state index in [1.165, 1.54) is 11.3 Å². The Balaban J connectivity index is 2.05. The van der Waals surface area contributed by atoms with E-state index in [4.69, 9.17) is 0 Å². The summed E-state index contributed by atoms with van der Waals surface area (Å²) in [4.78, 5) is 26.1. The van der Waals surface area contributed by atoms with Gasteiger partial charge in [0.2, 0.25) is 11.8 Å². The number of aliphatic hydroxyl groups is 1. The molecular formula is C16H27NO3. The first kappa shape index (κ1) is 15.5. The normalized spacial score (nSPS) is 23.9. The van der Waals surface area contributed by atoms with E-state index < -0.39 is 11.5 Å². The minimum absolute atomic E-state index is 0.0211. The number of β-amino-alcohol motifs (C(OH)–C–C–N with tert-alkyl or cyclic N) is 1. The maximum absolute atomic E-state index is 12.6. The van der Waals surface area contributed by atoms with Crippen LogP contribution >= 0.6 is 0 Å². The first-order valence-corrected chi connectivity index (χ1v) is 8.07. The minimum Gasteiger partial charge on any atom is -0.391 e. The number of carbonyl (C=O) groups is 2. The molecule has 4 heteroatoms. The molecule has 0 aromatic heterocycles. The van der Waals surface area contributed by atoms with Gasteiger partial charge in [-0.2, -0.15) is 0 Å². The van der Waals surface area contributed by atoms with Crippen molar-refractivity contribution in [2.24, 2.45) is 11.3 Å². The highest BCUT2D eigenvalue weighted by atomic mass is 16.3. The molecule has 114 valence electrons. The monoisotopic (exact) mass is 281 g/mol. The summed E-state index contributed by atoms with van der Waals surface area (Å²) in [6, 6.07) is 0.